The van der Waals surface area contributed by atoms with Crippen LogP contribution >= 0.6 is 0 Å². The number of aromatic amines is 1. The van der Waals surface area contributed by atoms with Gasteiger partial charge in [-0.15, -0.1) is 0 Å². The van der Waals surface area contributed by atoms with Gasteiger partial charge in [0.2, 0.25) is 0 Å². The summed E-state index contributed by atoms with van der Waals surface area (Å²) in [5.41, 5.74) is -0.660. The number of carbonyl (C=O) groups is 1. The van der Waals surface area contributed by atoms with Crippen molar-refractivity contribution in [2.75, 3.05) is 13.1 Å². The molecule has 4 heterocycles. The number of likely N-dealkylation sites (tertiary alicyclic amines) is 1. The zero-order chi connectivity index (χ0) is 21.9. The van der Waals surface area contributed by atoms with E-state index in [4.69, 9.17) is 14.6 Å². The molecule has 1 fully saturated rings. The number of fused-ring (bicyclic) bond motifs is 1. The van der Waals surface area contributed by atoms with E-state index in [0.29, 0.717) is 18.9 Å². The van der Waals surface area contributed by atoms with Crippen molar-refractivity contribution in [2.45, 2.75) is 37.9 Å². The number of nitrogens with one attached hydrogen (secondary N) is 1. The lowest BCUT2D eigenvalue weighted by Crippen LogP contribution is -2.51. The molecule has 2 aliphatic heterocycles. The van der Waals surface area contributed by atoms with Crippen LogP contribution in [0.4, 0.5) is 13.2 Å². The van der Waals surface area contributed by atoms with Crippen LogP contribution in [0.15, 0.2) is 34.0 Å². The lowest BCUT2D eigenvalue weighted by molar-refractivity contribution is -0.192. The van der Waals surface area contributed by atoms with Crippen molar-refractivity contribution in [3.63, 3.8) is 0 Å². The third kappa shape index (κ3) is 4.91. The van der Waals surface area contributed by atoms with E-state index < -0.39 is 28.9 Å². The first-order valence-electron chi connectivity index (χ1n) is 8.84. The summed E-state index contributed by atoms with van der Waals surface area (Å²) in [5, 5.41) is 13.2. The standard InChI is InChI=1S/C15H17N5O3.C2HF3O2/c21-13-14(22)20-10-15(23-8-12(20)17-18-13)4-6-19(9-15)7-11-3-1-2-5-16-11;3-2(4,5)1(6)7/h1-3,5H,4,6-10H2,(H,18,21);(H,6,7). The average molecular weight is 429 g/mol. The zero-order valence-corrected chi connectivity index (χ0v) is 15.6. The minimum Gasteiger partial charge on any atom is -0.475 e. The van der Waals surface area contributed by atoms with Crippen LogP contribution in [0.2, 0.25) is 0 Å². The lowest BCUT2D eigenvalue weighted by Gasteiger charge is -2.34. The first-order valence-corrected chi connectivity index (χ1v) is 8.84. The van der Waals surface area contributed by atoms with Crippen LogP contribution in [0, 0.1) is 0 Å². The summed E-state index contributed by atoms with van der Waals surface area (Å²) in [5.74, 6) is -2.28. The van der Waals surface area contributed by atoms with Crippen LogP contribution in [0.25, 0.3) is 0 Å². The molecule has 4 rings (SSSR count). The fraction of sp³-hybridized carbons (Fsp3) is 0.471. The van der Waals surface area contributed by atoms with Gasteiger partial charge < -0.3 is 9.84 Å². The fourth-order valence-corrected chi connectivity index (χ4v) is 3.32. The molecule has 2 aliphatic rings. The van der Waals surface area contributed by atoms with Crippen LogP contribution in [-0.2, 0) is 29.2 Å². The number of pyridine rings is 1. The summed E-state index contributed by atoms with van der Waals surface area (Å²) in [6.45, 7) is 2.95. The Morgan fingerprint density at radius 2 is 2.03 bits per heavy atom. The summed E-state index contributed by atoms with van der Waals surface area (Å²) in [6.07, 6.45) is -2.48. The van der Waals surface area contributed by atoms with E-state index in [9.17, 15) is 22.8 Å². The van der Waals surface area contributed by atoms with Crippen molar-refractivity contribution in [3.8, 4) is 0 Å². The predicted octanol–water partition coefficient (Wildman–Crippen LogP) is 0.135. The Morgan fingerprint density at radius 3 is 2.67 bits per heavy atom. The molecule has 30 heavy (non-hydrogen) atoms. The van der Waals surface area contributed by atoms with Crippen molar-refractivity contribution >= 4 is 5.97 Å². The number of aliphatic carboxylic acids is 1. The van der Waals surface area contributed by atoms with E-state index in [0.717, 1.165) is 25.2 Å². The van der Waals surface area contributed by atoms with E-state index in [-0.39, 0.29) is 6.61 Å². The molecule has 0 bridgehead atoms. The van der Waals surface area contributed by atoms with Gasteiger partial charge in [-0.25, -0.2) is 9.89 Å². The van der Waals surface area contributed by atoms with E-state index in [1.807, 2.05) is 18.2 Å². The highest BCUT2D eigenvalue weighted by atomic mass is 19.4. The van der Waals surface area contributed by atoms with Gasteiger partial charge in [-0.1, -0.05) is 6.07 Å². The Balaban J connectivity index is 0.000000318. The Bertz CT molecular complexity index is 1020. The molecule has 1 spiro atoms. The molecule has 0 saturated carbocycles. The predicted molar refractivity (Wildman–Crippen MR) is 94.5 cm³/mol. The second-order valence-corrected chi connectivity index (χ2v) is 6.92. The number of aromatic nitrogens is 4. The number of H-pyrrole nitrogens is 1. The summed E-state index contributed by atoms with van der Waals surface area (Å²) in [6, 6.07) is 5.86. The highest BCUT2D eigenvalue weighted by molar-refractivity contribution is 5.73. The number of hydrogen-bond acceptors (Lipinski definition) is 7. The number of alkyl halides is 3. The molecule has 1 unspecified atom stereocenters. The number of carboxylic acid groups (broad SMARTS) is 1. The fourth-order valence-electron chi connectivity index (χ4n) is 3.32. The molecular weight excluding hydrogens is 411 g/mol. The Kier molecular flexibility index (Phi) is 6.03. The van der Waals surface area contributed by atoms with Gasteiger partial charge in [0.25, 0.3) is 0 Å². The van der Waals surface area contributed by atoms with E-state index in [1.54, 1.807) is 6.20 Å². The van der Waals surface area contributed by atoms with Gasteiger partial charge in [0.15, 0.2) is 5.82 Å². The maximum atomic E-state index is 12.0. The summed E-state index contributed by atoms with van der Waals surface area (Å²) >= 11 is 0. The quantitative estimate of drug-likeness (QED) is 0.645. The number of ether oxygens (including phenoxy) is 1. The monoisotopic (exact) mass is 429 g/mol. The third-order valence-electron chi connectivity index (χ3n) is 4.74. The Hall–Kier alpha value is -3.06. The molecule has 1 saturated heterocycles. The molecule has 0 aromatic carbocycles. The maximum absolute atomic E-state index is 12.0. The van der Waals surface area contributed by atoms with Crippen LogP contribution in [-0.4, -0.2) is 60.6 Å². The normalized spacial score (nSPS) is 21.0. The van der Waals surface area contributed by atoms with Crippen LogP contribution < -0.4 is 11.1 Å². The van der Waals surface area contributed by atoms with Crippen LogP contribution in [0.5, 0.6) is 0 Å². The van der Waals surface area contributed by atoms with Crippen LogP contribution in [0.3, 0.4) is 0 Å². The number of halogens is 3. The first kappa shape index (κ1) is 21.6. The van der Waals surface area contributed by atoms with Crippen molar-refractivity contribution in [3.05, 3.63) is 56.6 Å². The molecule has 2 N–H and O–H groups in total. The molecule has 1 atom stereocenters. The molecule has 10 nitrogen and oxygen atoms in total. The topological polar surface area (TPSA) is 130 Å². The largest absolute Gasteiger partial charge is 0.490 e. The van der Waals surface area contributed by atoms with E-state index in [2.05, 4.69) is 20.1 Å². The molecule has 162 valence electrons. The van der Waals surface area contributed by atoms with Crippen molar-refractivity contribution in [1.29, 1.82) is 0 Å². The molecule has 13 heteroatoms. The highest BCUT2D eigenvalue weighted by Crippen LogP contribution is 2.31. The maximum Gasteiger partial charge on any atom is 0.490 e. The smallest absolute Gasteiger partial charge is 0.475 e. The van der Waals surface area contributed by atoms with Crippen molar-refractivity contribution in [1.82, 2.24) is 24.6 Å². The van der Waals surface area contributed by atoms with Crippen LogP contribution in [0.1, 0.15) is 17.9 Å². The van der Waals surface area contributed by atoms with Gasteiger partial charge in [-0.3, -0.25) is 24.0 Å². The summed E-state index contributed by atoms with van der Waals surface area (Å²) in [4.78, 5) is 39.0. The molecule has 2 aromatic heterocycles. The van der Waals surface area contributed by atoms with Crippen molar-refractivity contribution < 1.29 is 27.8 Å². The molecule has 2 aromatic rings. The van der Waals surface area contributed by atoms with Gasteiger partial charge >= 0.3 is 23.3 Å². The number of nitrogens with zero attached hydrogens (tertiary/aromatic N) is 4. The zero-order valence-electron chi connectivity index (χ0n) is 15.6. The second-order valence-electron chi connectivity index (χ2n) is 6.92. The van der Waals surface area contributed by atoms with Crippen molar-refractivity contribution in [2.24, 2.45) is 0 Å². The number of hydrogen-bond donors (Lipinski definition) is 2. The third-order valence-corrected chi connectivity index (χ3v) is 4.74. The van der Waals surface area contributed by atoms with Gasteiger partial charge in [0.05, 0.1) is 12.2 Å². The minimum atomic E-state index is -5.08. The number of rotatable bonds is 2. The van der Waals surface area contributed by atoms with E-state index in [1.165, 1.54) is 4.57 Å². The van der Waals surface area contributed by atoms with Gasteiger partial charge in [0, 0.05) is 25.8 Å². The molecular formula is C17H18F3N5O5. The number of carboxylic acids is 1. The van der Waals surface area contributed by atoms with Gasteiger partial charge in [-0.2, -0.15) is 18.3 Å². The minimum absolute atomic E-state index is 0.240. The highest BCUT2D eigenvalue weighted by Gasteiger charge is 2.43. The average Bonchev–Trinajstić information content (AvgIpc) is 3.07. The van der Waals surface area contributed by atoms with E-state index >= 15 is 0 Å². The summed E-state index contributed by atoms with van der Waals surface area (Å²) in [7, 11) is 0. The first-order chi connectivity index (χ1) is 14.1. The second kappa shape index (κ2) is 8.36. The lowest BCUT2D eigenvalue weighted by atomic mass is 10.0. The Labute approximate surface area is 166 Å². The molecule has 0 aliphatic carbocycles. The summed E-state index contributed by atoms with van der Waals surface area (Å²) < 4.78 is 39.2. The molecule has 0 radical (unpaired) electrons. The SMILES string of the molecule is O=C(O)C(F)(F)F.O=c1[nH]nc2n(c1=O)CC1(CCN(Cc3ccccn3)C1)OC2. The Morgan fingerprint density at radius 1 is 1.30 bits per heavy atom. The van der Waals surface area contributed by atoms with Gasteiger partial charge in [0.1, 0.15) is 12.2 Å². The van der Waals surface area contributed by atoms with Gasteiger partial charge in [-0.05, 0) is 18.6 Å². The molecule has 0 amide bonds.